The summed E-state index contributed by atoms with van der Waals surface area (Å²) < 4.78 is 0. The zero-order valence-electron chi connectivity index (χ0n) is 13.3. The molecule has 1 N–H and O–H groups in total. The fourth-order valence-electron chi connectivity index (χ4n) is 2.12. The first kappa shape index (κ1) is 17.9. The molecule has 0 aromatic heterocycles. The van der Waals surface area contributed by atoms with Crippen LogP contribution in [-0.4, -0.2) is 11.1 Å². The molecule has 0 radical (unpaired) electrons. The molecule has 0 aliphatic rings. The first-order valence-corrected chi connectivity index (χ1v) is 7.49. The van der Waals surface area contributed by atoms with E-state index >= 15 is 0 Å². The molecule has 19 heavy (non-hydrogen) atoms. The second-order valence-electron chi connectivity index (χ2n) is 5.48. The average Bonchev–Trinajstić information content (AvgIpc) is 2.39. The standard InChI is InChI=1S/C17H30O2/c1-6-7-8-9-10-11-12-13(2)14(3)15(4)16(5)17(18)19/h6-12H2,1-5H3,(H,18,19)/b14-13+,16-15+. The predicted octanol–water partition coefficient (Wildman–Crippen LogP) is 5.49. The Bertz CT molecular complexity index is 348. The Balaban J connectivity index is 4.30. The van der Waals surface area contributed by atoms with Gasteiger partial charge in [-0.05, 0) is 51.7 Å². The summed E-state index contributed by atoms with van der Waals surface area (Å²) in [4.78, 5) is 10.9. The molecule has 2 heteroatoms. The number of carbonyl (C=O) groups is 1. The van der Waals surface area contributed by atoms with Gasteiger partial charge in [0.15, 0.2) is 0 Å². The summed E-state index contributed by atoms with van der Waals surface area (Å²) in [5.41, 5.74) is 3.85. The van der Waals surface area contributed by atoms with E-state index in [0.29, 0.717) is 5.57 Å². The molecule has 0 aliphatic carbocycles. The number of unbranched alkanes of at least 4 members (excludes halogenated alkanes) is 5. The van der Waals surface area contributed by atoms with E-state index in [1.165, 1.54) is 44.1 Å². The van der Waals surface area contributed by atoms with Crippen molar-refractivity contribution in [2.24, 2.45) is 0 Å². The van der Waals surface area contributed by atoms with E-state index < -0.39 is 5.97 Å². The number of hydrogen-bond acceptors (Lipinski definition) is 1. The van der Waals surface area contributed by atoms with Gasteiger partial charge in [-0.25, -0.2) is 4.79 Å². The molecule has 0 aliphatic heterocycles. The molecule has 0 saturated carbocycles. The lowest BCUT2D eigenvalue weighted by atomic mass is 9.96. The van der Waals surface area contributed by atoms with E-state index in [0.717, 1.165) is 17.6 Å². The van der Waals surface area contributed by atoms with Gasteiger partial charge in [0, 0.05) is 5.57 Å². The lowest BCUT2D eigenvalue weighted by molar-refractivity contribution is -0.132. The lowest BCUT2D eigenvalue weighted by Gasteiger charge is -2.10. The van der Waals surface area contributed by atoms with Gasteiger partial charge in [-0.3, -0.25) is 0 Å². The smallest absolute Gasteiger partial charge is 0.331 e. The van der Waals surface area contributed by atoms with E-state index in [9.17, 15) is 4.79 Å². The van der Waals surface area contributed by atoms with Gasteiger partial charge in [0.1, 0.15) is 0 Å². The molecule has 2 nitrogen and oxygen atoms in total. The zero-order valence-corrected chi connectivity index (χ0v) is 13.3. The van der Waals surface area contributed by atoms with Crippen molar-refractivity contribution in [1.82, 2.24) is 0 Å². The van der Waals surface area contributed by atoms with E-state index in [2.05, 4.69) is 13.8 Å². The van der Waals surface area contributed by atoms with Crippen molar-refractivity contribution < 1.29 is 9.90 Å². The maximum absolute atomic E-state index is 10.9. The van der Waals surface area contributed by atoms with Crippen molar-refractivity contribution in [3.63, 3.8) is 0 Å². The molecule has 0 bridgehead atoms. The monoisotopic (exact) mass is 266 g/mol. The van der Waals surface area contributed by atoms with Crippen LogP contribution in [0.3, 0.4) is 0 Å². The summed E-state index contributed by atoms with van der Waals surface area (Å²) in [6, 6.07) is 0. The third-order valence-corrected chi connectivity index (χ3v) is 3.99. The zero-order chi connectivity index (χ0) is 14.8. The maximum atomic E-state index is 10.9. The van der Waals surface area contributed by atoms with E-state index in [1.807, 2.05) is 13.8 Å². The highest BCUT2D eigenvalue weighted by atomic mass is 16.4. The second-order valence-corrected chi connectivity index (χ2v) is 5.48. The molecule has 0 rings (SSSR count). The van der Waals surface area contributed by atoms with Gasteiger partial charge in [-0.15, -0.1) is 0 Å². The van der Waals surface area contributed by atoms with Gasteiger partial charge in [-0.1, -0.05) is 44.6 Å². The first-order chi connectivity index (χ1) is 8.91. The molecular weight excluding hydrogens is 236 g/mol. The predicted molar refractivity (Wildman–Crippen MR) is 82.4 cm³/mol. The van der Waals surface area contributed by atoms with Gasteiger partial charge in [0.05, 0.1) is 0 Å². The SMILES string of the molecule is CCCCCCCC/C(C)=C(C)/C(C)=C(\C)C(=O)O. The van der Waals surface area contributed by atoms with Crippen LogP contribution in [0.2, 0.25) is 0 Å². The van der Waals surface area contributed by atoms with Crippen LogP contribution in [-0.2, 0) is 4.79 Å². The highest BCUT2D eigenvalue weighted by Gasteiger charge is 2.08. The number of carboxylic acids is 1. The Labute approximate surface area is 118 Å². The van der Waals surface area contributed by atoms with Crippen molar-refractivity contribution in [1.29, 1.82) is 0 Å². The minimum Gasteiger partial charge on any atom is -0.478 e. The molecule has 0 aromatic rings. The number of hydrogen-bond donors (Lipinski definition) is 1. The van der Waals surface area contributed by atoms with Gasteiger partial charge in [-0.2, -0.15) is 0 Å². The van der Waals surface area contributed by atoms with E-state index in [4.69, 9.17) is 5.11 Å². The molecule has 0 fully saturated rings. The van der Waals surface area contributed by atoms with Crippen molar-refractivity contribution in [2.75, 3.05) is 0 Å². The molecule has 0 saturated heterocycles. The highest BCUT2D eigenvalue weighted by Crippen LogP contribution is 2.21. The molecule has 0 atom stereocenters. The largest absolute Gasteiger partial charge is 0.478 e. The van der Waals surface area contributed by atoms with Crippen LogP contribution in [0.15, 0.2) is 22.3 Å². The Morgan fingerprint density at radius 3 is 1.84 bits per heavy atom. The third kappa shape index (κ3) is 7.19. The lowest BCUT2D eigenvalue weighted by Crippen LogP contribution is -2.01. The summed E-state index contributed by atoms with van der Waals surface area (Å²) >= 11 is 0. The van der Waals surface area contributed by atoms with Crippen molar-refractivity contribution in [2.45, 2.75) is 79.6 Å². The third-order valence-electron chi connectivity index (χ3n) is 3.99. The Morgan fingerprint density at radius 2 is 1.32 bits per heavy atom. The topological polar surface area (TPSA) is 37.3 Å². The minimum atomic E-state index is -0.816. The summed E-state index contributed by atoms with van der Waals surface area (Å²) in [5, 5.41) is 9.00. The van der Waals surface area contributed by atoms with Crippen molar-refractivity contribution >= 4 is 5.97 Å². The Kier molecular flexibility index (Phi) is 9.28. The first-order valence-electron chi connectivity index (χ1n) is 7.49. The minimum absolute atomic E-state index is 0.458. The molecule has 0 amide bonds. The summed E-state index contributed by atoms with van der Waals surface area (Å²) in [6.07, 6.45) is 8.88. The molecule has 0 aromatic carbocycles. The van der Waals surface area contributed by atoms with Crippen LogP contribution >= 0.6 is 0 Å². The molecular formula is C17H30O2. The fraction of sp³-hybridized carbons (Fsp3) is 0.706. The Morgan fingerprint density at radius 1 is 0.789 bits per heavy atom. The van der Waals surface area contributed by atoms with Crippen LogP contribution in [0, 0.1) is 0 Å². The summed E-state index contributed by atoms with van der Waals surface area (Å²) in [7, 11) is 0. The van der Waals surface area contributed by atoms with Gasteiger partial charge in [0.25, 0.3) is 0 Å². The maximum Gasteiger partial charge on any atom is 0.331 e. The van der Waals surface area contributed by atoms with Crippen LogP contribution in [0.4, 0.5) is 0 Å². The summed E-state index contributed by atoms with van der Waals surface area (Å²) in [5.74, 6) is -0.816. The van der Waals surface area contributed by atoms with Gasteiger partial charge >= 0.3 is 5.97 Å². The molecule has 110 valence electrons. The van der Waals surface area contributed by atoms with Crippen LogP contribution < -0.4 is 0 Å². The van der Waals surface area contributed by atoms with E-state index in [-0.39, 0.29) is 0 Å². The quantitative estimate of drug-likeness (QED) is 0.340. The van der Waals surface area contributed by atoms with Gasteiger partial charge < -0.3 is 5.11 Å². The van der Waals surface area contributed by atoms with Gasteiger partial charge in [0.2, 0.25) is 0 Å². The van der Waals surface area contributed by atoms with Crippen LogP contribution in [0.1, 0.15) is 79.6 Å². The number of rotatable bonds is 9. The molecule has 0 unspecified atom stereocenters. The molecule has 0 spiro atoms. The number of aliphatic carboxylic acids is 1. The van der Waals surface area contributed by atoms with Crippen LogP contribution in [0.25, 0.3) is 0 Å². The summed E-state index contributed by atoms with van der Waals surface area (Å²) in [6.45, 7) is 9.98. The fourth-order valence-corrected chi connectivity index (χ4v) is 2.12. The average molecular weight is 266 g/mol. The van der Waals surface area contributed by atoms with Crippen molar-refractivity contribution in [3.05, 3.63) is 22.3 Å². The van der Waals surface area contributed by atoms with E-state index in [1.54, 1.807) is 6.92 Å². The number of carboxylic acid groups (broad SMARTS) is 1. The number of allylic oxidation sites excluding steroid dienone is 3. The second kappa shape index (κ2) is 9.82. The normalized spacial score (nSPS) is 13.9. The molecule has 0 heterocycles. The van der Waals surface area contributed by atoms with Crippen LogP contribution in [0.5, 0.6) is 0 Å². The van der Waals surface area contributed by atoms with Crippen molar-refractivity contribution in [3.8, 4) is 0 Å². The highest BCUT2D eigenvalue weighted by molar-refractivity contribution is 5.87. The Hall–Kier alpha value is -1.05.